The Labute approximate surface area is 142 Å². The maximum absolute atomic E-state index is 11.8. The van der Waals surface area contributed by atoms with E-state index >= 15 is 0 Å². The van der Waals surface area contributed by atoms with Crippen molar-refractivity contribution in [1.29, 1.82) is 0 Å². The SMILES string of the molecule is Cc1ccc2c(c1)C(CSc1nc3ccccc3s1)CC(=O)O2. The van der Waals surface area contributed by atoms with Crippen LogP contribution in [0, 0.1) is 6.92 Å². The lowest BCUT2D eigenvalue weighted by atomic mass is 9.93. The summed E-state index contributed by atoms with van der Waals surface area (Å²) >= 11 is 3.43. The van der Waals surface area contributed by atoms with E-state index in [0.717, 1.165) is 21.2 Å². The molecule has 3 nitrogen and oxygen atoms in total. The molecule has 0 spiro atoms. The van der Waals surface area contributed by atoms with Crippen LogP contribution in [0.15, 0.2) is 46.8 Å². The summed E-state index contributed by atoms with van der Waals surface area (Å²) in [6.45, 7) is 2.06. The van der Waals surface area contributed by atoms with Crippen LogP contribution in [0.3, 0.4) is 0 Å². The van der Waals surface area contributed by atoms with Crippen molar-refractivity contribution in [3.63, 3.8) is 0 Å². The molecule has 23 heavy (non-hydrogen) atoms. The van der Waals surface area contributed by atoms with Gasteiger partial charge in [0.05, 0.1) is 16.6 Å². The number of esters is 1. The Morgan fingerprint density at radius 2 is 2.17 bits per heavy atom. The number of thiazole rings is 1. The smallest absolute Gasteiger partial charge is 0.311 e. The molecule has 116 valence electrons. The first-order chi connectivity index (χ1) is 11.2. The Hall–Kier alpha value is -1.85. The molecule has 1 aromatic heterocycles. The summed E-state index contributed by atoms with van der Waals surface area (Å²) in [4.78, 5) is 16.5. The van der Waals surface area contributed by atoms with E-state index in [1.165, 1.54) is 10.3 Å². The molecule has 0 saturated heterocycles. The van der Waals surface area contributed by atoms with Gasteiger partial charge < -0.3 is 4.74 Å². The lowest BCUT2D eigenvalue weighted by molar-refractivity contribution is -0.135. The van der Waals surface area contributed by atoms with Crippen LogP contribution < -0.4 is 4.74 Å². The zero-order chi connectivity index (χ0) is 15.8. The highest BCUT2D eigenvalue weighted by Gasteiger charge is 2.27. The number of hydrogen-bond donors (Lipinski definition) is 0. The molecule has 1 unspecified atom stereocenters. The normalized spacial score (nSPS) is 17.1. The minimum Gasteiger partial charge on any atom is -0.426 e. The maximum Gasteiger partial charge on any atom is 0.311 e. The number of aryl methyl sites for hydroxylation is 1. The van der Waals surface area contributed by atoms with Gasteiger partial charge in [0.25, 0.3) is 0 Å². The van der Waals surface area contributed by atoms with Crippen molar-refractivity contribution in [3.8, 4) is 5.75 Å². The van der Waals surface area contributed by atoms with Gasteiger partial charge in [-0.2, -0.15) is 0 Å². The largest absolute Gasteiger partial charge is 0.426 e. The lowest BCUT2D eigenvalue weighted by Crippen LogP contribution is -2.21. The van der Waals surface area contributed by atoms with E-state index in [1.54, 1.807) is 23.1 Å². The fourth-order valence-corrected chi connectivity index (χ4v) is 5.00. The third kappa shape index (κ3) is 2.99. The van der Waals surface area contributed by atoms with Gasteiger partial charge in [0, 0.05) is 11.7 Å². The molecule has 3 aromatic rings. The summed E-state index contributed by atoms with van der Waals surface area (Å²) in [7, 11) is 0. The molecule has 0 saturated carbocycles. The molecule has 0 radical (unpaired) electrons. The molecule has 0 N–H and O–H groups in total. The molecule has 0 bridgehead atoms. The van der Waals surface area contributed by atoms with Crippen LogP contribution in [0.2, 0.25) is 0 Å². The third-order valence-corrected chi connectivity index (χ3v) is 6.27. The number of carbonyl (C=O) groups excluding carboxylic acids is 1. The summed E-state index contributed by atoms with van der Waals surface area (Å²) < 4.78 is 7.61. The average molecular weight is 341 g/mol. The Kier molecular flexibility index (Phi) is 3.83. The summed E-state index contributed by atoms with van der Waals surface area (Å²) in [6, 6.07) is 14.2. The minimum atomic E-state index is -0.142. The van der Waals surface area contributed by atoms with Gasteiger partial charge in [-0.05, 0) is 30.7 Å². The number of para-hydroxylation sites is 1. The van der Waals surface area contributed by atoms with Gasteiger partial charge in [-0.3, -0.25) is 4.79 Å². The quantitative estimate of drug-likeness (QED) is 0.390. The van der Waals surface area contributed by atoms with Crippen LogP contribution in [0.4, 0.5) is 0 Å². The standard InChI is InChI=1S/C18H15NO2S2/c1-11-6-7-15-13(8-11)12(9-17(20)21-15)10-22-18-19-14-4-2-3-5-16(14)23-18/h2-8,12H,9-10H2,1H3. The van der Waals surface area contributed by atoms with Crippen LogP contribution in [-0.2, 0) is 4.79 Å². The van der Waals surface area contributed by atoms with Crippen LogP contribution in [0.1, 0.15) is 23.5 Å². The van der Waals surface area contributed by atoms with Gasteiger partial charge in [0.15, 0.2) is 4.34 Å². The van der Waals surface area contributed by atoms with Crippen molar-refractivity contribution >= 4 is 39.3 Å². The number of rotatable bonds is 3. The second-order valence-corrected chi connectivity index (χ2v) is 7.97. The number of ether oxygens (including phenoxy) is 1. The van der Waals surface area contributed by atoms with Crippen LogP contribution in [-0.4, -0.2) is 16.7 Å². The molecular weight excluding hydrogens is 326 g/mol. The van der Waals surface area contributed by atoms with Gasteiger partial charge in [0.2, 0.25) is 0 Å². The van der Waals surface area contributed by atoms with E-state index in [2.05, 4.69) is 24.0 Å². The van der Waals surface area contributed by atoms with Gasteiger partial charge in [-0.1, -0.05) is 41.6 Å². The highest BCUT2D eigenvalue weighted by Crippen LogP contribution is 2.39. The topological polar surface area (TPSA) is 39.2 Å². The molecule has 1 aliphatic rings. The van der Waals surface area contributed by atoms with Crippen LogP contribution in [0.5, 0.6) is 5.75 Å². The minimum absolute atomic E-state index is 0.142. The van der Waals surface area contributed by atoms with E-state index in [0.29, 0.717) is 12.2 Å². The Morgan fingerprint density at radius 1 is 1.30 bits per heavy atom. The molecule has 0 fully saturated rings. The van der Waals surface area contributed by atoms with Crippen molar-refractivity contribution in [2.24, 2.45) is 0 Å². The first kappa shape index (κ1) is 14.7. The van der Waals surface area contributed by atoms with Crippen molar-refractivity contribution < 1.29 is 9.53 Å². The fraction of sp³-hybridized carbons (Fsp3) is 0.222. The predicted octanol–water partition coefficient (Wildman–Crippen LogP) is 4.79. The molecule has 1 aliphatic heterocycles. The van der Waals surface area contributed by atoms with E-state index in [1.807, 2.05) is 30.3 Å². The highest BCUT2D eigenvalue weighted by atomic mass is 32.2. The Bertz CT molecular complexity index is 855. The molecule has 5 heteroatoms. The highest BCUT2D eigenvalue weighted by molar-refractivity contribution is 8.01. The van der Waals surface area contributed by atoms with Crippen molar-refractivity contribution in [2.75, 3.05) is 5.75 Å². The average Bonchev–Trinajstić information content (AvgIpc) is 2.96. The summed E-state index contributed by atoms with van der Waals surface area (Å²) in [6.07, 6.45) is 0.439. The fourth-order valence-electron chi connectivity index (χ4n) is 2.79. The first-order valence-electron chi connectivity index (χ1n) is 7.48. The molecule has 4 rings (SSSR count). The first-order valence-corrected chi connectivity index (χ1v) is 9.29. The van der Waals surface area contributed by atoms with Gasteiger partial charge in [0.1, 0.15) is 5.75 Å². The maximum atomic E-state index is 11.8. The third-order valence-electron chi connectivity index (χ3n) is 3.92. The Morgan fingerprint density at radius 3 is 3.04 bits per heavy atom. The molecule has 1 atom stereocenters. The lowest BCUT2D eigenvalue weighted by Gasteiger charge is -2.24. The van der Waals surface area contributed by atoms with E-state index in [4.69, 9.17) is 4.74 Å². The molecule has 2 aromatic carbocycles. The van der Waals surface area contributed by atoms with E-state index in [9.17, 15) is 4.79 Å². The zero-order valence-electron chi connectivity index (χ0n) is 12.6. The predicted molar refractivity (Wildman–Crippen MR) is 94.5 cm³/mol. The number of nitrogens with zero attached hydrogens (tertiary/aromatic N) is 1. The zero-order valence-corrected chi connectivity index (χ0v) is 14.2. The molecule has 2 heterocycles. The number of carbonyl (C=O) groups is 1. The number of thioether (sulfide) groups is 1. The number of aromatic nitrogens is 1. The van der Waals surface area contributed by atoms with E-state index < -0.39 is 0 Å². The molecular formula is C18H15NO2S2. The summed E-state index contributed by atoms with van der Waals surface area (Å²) in [5, 5.41) is 0. The monoisotopic (exact) mass is 341 g/mol. The molecule has 0 aliphatic carbocycles. The second-order valence-electron chi connectivity index (χ2n) is 5.67. The van der Waals surface area contributed by atoms with E-state index in [-0.39, 0.29) is 11.9 Å². The van der Waals surface area contributed by atoms with Crippen LogP contribution in [0.25, 0.3) is 10.2 Å². The summed E-state index contributed by atoms with van der Waals surface area (Å²) in [5.41, 5.74) is 3.37. The van der Waals surface area contributed by atoms with Crippen LogP contribution >= 0.6 is 23.1 Å². The molecule has 0 amide bonds. The van der Waals surface area contributed by atoms with Crippen molar-refractivity contribution in [2.45, 2.75) is 23.6 Å². The van der Waals surface area contributed by atoms with Gasteiger partial charge in [-0.15, -0.1) is 11.3 Å². The Balaban J connectivity index is 1.57. The second kappa shape index (κ2) is 5.98. The van der Waals surface area contributed by atoms with Gasteiger partial charge >= 0.3 is 5.97 Å². The van der Waals surface area contributed by atoms with Crippen molar-refractivity contribution in [3.05, 3.63) is 53.6 Å². The summed E-state index contributed by atoms with van der Waals surface area (Å²) in [5.74, 6) is 1.59. The number of benzene rings is 2. The van der Waals surface area contributed by atoms with Crippen molar-refractivity contribution in [1.82, 2.24) is 4.98 Å². The number of hydrogen-bond acceptors (Lipinski definition) is 5. The van der Waals surface area contributed by atoms with Gasteiger partial charge in [-0.25, -0.2) is 4.98 Å². The number of fused-ring (bicyclic) bond motifs is 2.